The molecule has 2 heterocycles. The molecule has 0 unspecified atom stereocenters. The maximum atomic E-state index is 12.7. The third kappa shape index (κ3) is 4.20. The lowest BCUT2D eigenvalue weighted by atomic mass is 10.2. The molecule has 3 rings (SSSR count). The average Bonchev–Trinajstić information content (AvgIpc) is 3.06. The highest BCUT2D eigenvalue weighted by Gasteiger charge is 2.21. The summed E-state index contributed by atoms with van der Waals surface area (Å²) in [6.07, 6.45) is -1.03. The topological polar surface area (TPSA) is 141 Å². The Labute approximate surface area is 170 Å². The number of anilines is 1. The molecule has 11 nitrogen and oxygen atoms in total. The predicted octanol–water partition coefficient (Wildman–Crippen LogP) is -0.321. The summed E-state index contributed by atoms with van der Waals surface area (Å²) in [5.41, 5.74) is -0.00177. The molecule has 1 aromatic carbocycles. The molecule has 0 bridgehead atoms. The van der Waals surface area contributed by atoms with E-state index in [9.17, 15) is 19.5 Å². The van der Waals surface area contributed by atoms with E-state index in [1.807, 2.05) is 25.1 Å². The van der Waals surface area contributed by atoms with Crippen molar-refractivity contribution in [3.63, 3.8) is 0 Å². The zero-order valence-corrected chi connectivity index (χ0v) is 16.8. The number of ether oxygens (including phenoxy) is 1. The molecule has 0 aliphatic carbocycles. The zero-order valence-electron chi connectivity index (χ0n) is 16.8. The van der Waals surface area contributed by atoms with Gasteiger partial charge in [0.1, 0.15) is 25.0 Å². The third-order valence-corrected chi connectivity index (χ3v) is 4.57. The van der Waals surface area contributed by atoms with Crippen LogP contribution in [0.25, 0.3) is 11.2 Å². The van der Waals surface area contributed by atoms with Crippen molar-refractivity contribution < 1.29 is 19.7 Å². The number of carbonyl (C=O) groups is 1. The second-order valence-corrected chi connectivity index (χ2v) is 6.95. The van der Waals surface area contributed by atoms with Crippen LogP contribution in [0, 0.1) is 6.92 Å². The summed E-state index contributed by atoms with van der Waals surface area (Å²) in [4.78, 5) is 40.1. The fraction of sp³-hybridized carbons (Fsp3) is 0.368. The molecule has 11 heteroatoms. The number of rotatable bonds is 8. The number of carboxylic acid groups (broad SMARTS) is 1. The van der Waals surface area contributed by atoms with E-state index in [1.165, 1.54) is 23.2 Å². The molecule has 0 aliphatic heterocycles. The van der Waals surface area contributed by atoms with Gasteiger partial charge >= 0.3 is 11.7 Å². The first kappa shape index (κ1) is 21.1. The molecule has 0 radical (unpaired) electrons. The Hall–Kier alpha value is -3.60. The van der Waals surface area contributed by atoms with Gasteiger partial charge in [0.25, 0.3) is 5.56 Å². The van der Waals surface area contributed by atoms with Crippen LogP contribution < -0.4 is 21.3 Å². The molecular weight excluding hydrogens is 394 g/mol. The number of aliphatic hydroxyl groups is 1. The molecule has 160 valence electrons. The van der Waals surface area contributed by atoms with Gasteiger partial charge in [-0.05, 0) is 24.6 Å². The van der Waals surface area contributed by atoms with Gasteiger partial charge in [0, 0.05) is 14.1 Å². The first-order chi connectivity index (χ1) is 14.2. The number of aromatic nitrogens is 4. The molecule has 0 aliphatic rings. The van der Waals surface area contributed by atoms with Crippen LogP contribution in [0.5, 0.6) is 5.75 Å². The maximum Gasteiger partial charge on any atom is 0.332 e. The Morgan fingerprint density at radius 1 is 1.27 bits per heavy atom. The molecule has 30 heavy (non-hydrogen) atoms. The van der Waals surface area contributed by atoms with Gasteiger partial charge in [-0.3, -0.25) is 18.7 Å². The second kappa shape index (κ2) is 8.41. The quantitative estimate of drug-likeness (QED) is 0.453. The number of aliphatic hydroxyl groups excluding tert-OH is 1. The maximum absolute atomic E-state index is 12.7. The van der Waals surface area contributed by atoms with Crippen LogP contribution in [0.15, 0.2) is 33.9 Å². The first-order valence-corrected chi connectivity index (χ1v) is 9.18. The van der Waals surface area contributed by atoms with Crippen molar-refractivity contribution in [3.8, 4) is 5.75 Å². The predicted molar refractivity (Wildman–Crippen MR) is 109 cm³/mol. The lowest BCUT2D eigenvalue weighted by molar-refractivity contribution is -0.134. The molecule has 0 saturated heterocycles. The minimum atomic E-state index is -1.13. The number of nitrogens with one attached hydrogen (secondary N) is 1. The van der Waals surface area contributed by atoms with Crippen LogP contribution in [0.4, 0.5) is 5.95 Å². The molecule has 0 amide bonds. The SMILES string of the molecule is Cc1cccc(OC[C@@H](O)Cn2c(NCC(=O)O)nc3c2c(=O)n(C)c(=O)n3C)c1. The van der Waals surface area contributed by atoms with Gasteiger partial charge in [0.15, 0.2) is 11.2 Å². The van der Waals surface area contributed by atoms with E-state index in [1.54, 1.807) is 6.07 Å². The second-order valence-electron chi connectivity index (χ2n) is 6.95. The van der Waals surface area contributed by atoms with Gasteiger partial charge < -0.3 is 24.8 Å². The van der Waals surface area contributed by atoms with Crippen molar-refractivity contribution in [3.05, 3.63) is 50.7 Å². The normalized spacial score (nSPS) is 12.1. The Balaban J connectivity index is 1.95. The number of nitrogens with zero attached hydrogens (tertiary/aromatic N) is 4. The summed E-state index contributed by atoms with van der Waals surface area (Å²) in [5, 5.41) is 22.1. The Kier molecular flexibility index (Phi) is 5.92. The van der Waals surface area contributed by atoms with Crippen molar-refractivity contribution in [2.45, 2.75) is 19.6 Å². The largest absolute Gasteiger partial charge is 0.491 e. The highest BCUT2D eigenvalue weighted by Crippen LogP contribution is 2.17. The molecular formula is C19H23N5O6. The molecule has 0 fully saturated rings. The number of hydrogen-bond donors (Lipinski definition) is 3. The molecule has 3 aromatic rings. The molecule has 0 saturated carbocycles. The van der Waals surface area contributed by atoms with Crippen molar-refractivity contribution in [2.24, 2.45) is 14.1 Å². The summed E-state index contributed by atoms with van der Waals surface area (Å²) in [5.74, 6) is -0.480. The number of fused-ring (bicyclic) bond motifs is 1. The lowest BCUT2D eigenvalue weighted by Crippen LogP contribution is -2.38. The van der Waals surface area contributed by atoms with E-state index in [4.69, 9.17) is 9.84 Å². The summed E-state index contributed by atoms with van der Waals surface area (Å²) < 4.78 is 9.09. The fourth-order valence-electron chi connectivity index (χ4n) is 3.07. The molecule has 2 aromatic heterocycles. The van der Waals surface area contributed by atoms with Gasteiger partial charge in [0.05, 0.1) is 6.54 Å². The monoisotopic (exact) mass is 417 g/mol. The molecule has 0 spiro atoms. The van der Waals surface area contributed by atoms with Crippen LogP contribution >= 0.6 is 0 Å². The van der Waals surface area contributed by atoms with Crippen molar-refractivity contribution >= 4 is 23.1 Å². The van der Waals surface area contributed by atoms with E-state index in [-0.39, 0.29) is 30.3 Å². The van der Waals surface area contributed by atoms with Crippen LogP contribution in [0.2, 0.25) is 0 Å². The van der Waals surface area contributed by atoms with E-state index < -0.39 is 29.9 Å². The van der Waals surface area contributed by atoms with Crippen LogP contribution in [-0.2, 0) is 25.4 Å². The molecule has 3 N–H and O–H groups in total. The van der Waals surface area contributed by atoms with Crippen molar-refractivity contribution in [1.82, 2.24) is 18.7 Å². The molecule has 1 atom stereocenters. The summed E-state index contributed by atoms with van der Waals surface area (Å²) >= 11 is 0. The van der Waals surface area contributed by atoms with Gasteiger partial charge in [-0.2, -0.15) is 4.98 Å². The highest BCUT2D eigenvalue weighted by molar-refractivity contribution is 5.76. The summed E-state index contributed by atoms with van der Waals surface area (Å²) in [6.45, 7) is 1.31. The van der Waals surface area contributed by atoms with E-state index >= 15 is 0 Å². The smallest absolute Gasteiger partial charge is 0.332 e. The summed E-state index contributed by atoms with van der Waals surface area (Å²) in [6, 6.07) is 7.34. The van der Waals surface area contributed by atoms with Crippen LogP contribution in [0.1, 0.15) is 5.56 Å². The Morgan fingerprint density at radius 2 is 2.00 bits per heavy atom. The van der Waals surface area contributed by atoms with E-state index in [2.05, 4.69) is 10.3 Å². The van der Waals surface area contributed by atoms with Gasteiger partial charge in [-0.15, -0.1) is 0 Å². The standard InChI is InChI=1S/C19H23N5O6/c1-11-5-4-6-13(7-11)30-10-12(25)9-24-15-16(21-18(24)20-8-14(26)27)22(2)19(29)23(3)17(15)28/h4-7,12,25H,8-10H2,1-3H3,(H,20,21)(H,26,27)/t12-/m0/s1. The van der Waals surface area contributed by atoms with Crippen molar-refractivity contribution in [2.75, 3.05) is 18.5 Å². The minimum absolute atomic E-state index is 0.0558. The minimum Gasteiger partial charge on any atom is -0.491 e. The Bertz CT molecular complexity index is 1210. The zero-order chi connectivity index (χ0) is 22.0. The number of aliphatic carboxylic acids is 1. The number of benzene rings is 1. The van der Waals surface area contributed by atoms with Gasteiger partial charge in [-0.1, -0.05) is 12.1 Å². The number of hydrogen-bond acceptors (Lipinski definition) is 7. The number of carboxylic acids is 1. The number of aryl methyl sites for hydroxylation is 2. The third-order valence-electron chi connectivity index (χ3n) is 4.57. The Morgan fingerprint density at radius 3 is 2.67 bits per heavy atom. The number of imidazole rings is 1. The van der Waals surface area contributed by atoms with E-state index in [0.29, 0.717) is 5.75 Å². The highest BCUT2D eigenvalue weighted by atomic mass is 16.5. The lowest BCUT2D eigenvalue weighted by Gasteiger charge is -2.16. The van der Waals surface area contributed by atoms with Crippen LogP contribution in [0.3, 0.4) is 0 Å². The fourth-order valence-corrected chi connectivity index (χ4v) is 3.07. The van der Waals surface area contributed by atoms with Gasteiger partial charge in [0.2, 0.25) is 5.95 Å². The van der Waals surface area contributed by atoms with Crippen LogP contribution in [-0.4, -0.2) is 54.1 Å². The van der Waals surface area contributed by atoms with Crippen molar-refractivity contribution in [1.29, 1.82) is 0 Å². The van der Waals surface area contributed by atoms with E-state index in [0.717, 1.165) is 10.1 Å². The summed E-state index contributed by atoms with van der Waals surface area (Å²) in [7, 11) is 2.79. The average molecular weight is 417 g/mol. The first-order valence-electron chi connectivity index (χ1n) is 9.18. The van der Waals surface area contributed by atoms with Gasteiger partial charge in [-0.25, -0.2) is 4.79 Å².